The second-order valence-corrected chi connectivity index (χ2v) is 9.34. The predicted molar refractivity (Wildman–Crippen MR) is 117 cm³/mol. The quantitative estimate of drug-likeness (QED) is 0.673. The number of benzene rings is 1. The molecule has 1 amide bonds. The fourth-order valence-electron chi connectivity index (χ4n) is 4.41. The fourth-order valence-corrected chi connectivity index (χ4v) is 5.55. The van der Waals surface area contributed by atoms with Crippen molar-refractivity contribution >= 4 is 39.1 Å². The summed E-state index contributed by atoms with van der Waals surface area (Å²) in [6, 6.07) is 8.14. The van der Waals surface area contributed by atoms with Gasteiger partial charge in [-0.05, 0) is 61.4 Å². The summed E-state index contributed by atoms with van der Waals surface area (Å²) in [6.07, 6.45) is 2.02. The molecule has 1 aliphatic carbocycles. The van der Waals surface area contributed by atoms with E-state index < -0.39 is 0 Å². The van der Waals surface area contributed by atoms with E-state index in [1.165, 1.54) is 0 Å². The van der Waals surface area contributed by atoms with E-state index in [2.05, 4.69) is 21.7 Å². The van der Waals surface area contributed by atoms with E-state index >= 15 is 0 Å². The molecule has 3 heterocycles. The average Bonchev–Trinajstić information content (AvgIpc) is 3.08. The Morgan fingerprint density at radius 3 is 2.90 bits per heavy atom. The second kappa shape index (κ2) is 7.35. The van der Waals surface area contributed by atoms with Crippen LogP contribution in [0.2, 0.25) is 5.02 Å². The monoisotopic (exact) mass is 426 g/mol. The van der Waals surface area contributed by atoms with Crippen LogP contribution < -0.4 is 5.32 Å². The van der Waals surface area contributed by atoms with Gasteiger partial charge in [0.05, 0.1) is 5.69 Å². The van der Waals surface area contributed by atoms with Crippen LogP contribution in [0.15, 0.2) is 29.6 Å². The van der Waals surface area contributed by atoms with Gasteiger partial charge in [-0.2, -0.15) is 0 Å². The number of aryl methyl sites for hydroxylation is 1. The van der Waals surface area contributed by atoms with Crippen LogP contribution in [0.4, 0.5) is 0 Å². The molecular formula is C22H23ClN4OS. The van der Waals surface area contributed by atoms with Crippen molar-refractivity contribution < 1.29 is 4.79 Å². The van der Waals surface area contributed by atoms with E-state index in [0.29, 0.717) is 22.4 Å². The summed E-state index contributed by atoms with van der Waals surface area (Å²) in [5.41, 5.74) is 2.89. The Labute approximate surface area is 179 Å². The average molecular weight is 427 g/mol. The van der Waals surface area contributed by atoms with Gasteiger partial charge < -0.3 is 10.2 Å². The molecule has 2 unspecified atom stereocenters. The highest BCUT2D eigenvalue weighted by molar-refractivity contribution is 7.16. The van der Waals surface area contributed by atoms with Gasteiger partial charge in [0.25, 0.3) is 5.91 Å². The molecule has 5 rings (SSSR count). The lowest BCUT2D eigenvalue weighted by atomic mass is 10.0. The molecule has 3 aromatic rings. The molecule has 2 fully saturated rings. The van der Waals surface area contributed by atoms with Crippen molar-refractivity contribution in [3.8, 4) is 0 Å². The van der Waals surface area contributed by atoms with Gasteiger partial charge in [0.15, 0.2) is 0 Å². The van der Waals surface area contributed by atoms with Crippen molar-refractivity contribution in [2.75, 3.05) is 20.1 Å². The number of aromatic nitrogens is 2. The van der Waals surface area contributed by atoms with Crippen LogP contribution in [-0.2, 0) is 0 Å². The lowest BCUT2D eigenvalue weighted by Crippen LogP contribution is -2.38. The summed E-state index contributed by atoms with van der Waals surface area (Å²) in [5, 5.41) is 7.21. The molecule has 7 heteroatoms. The van der Waals surface area contributed by atoms with Crippen molar-refractivity contribution in [2.24, 2.45) is 0 Å². The third kappa shape index (κ3) is 3.43. The minimum Gasteiger partial charge on any atom is -0.337 e. The van der Waals surface area contributed by atoms with E-state index in [0.717, 1.165) is 53.2 Å². The molecule has 0 bridgehead atoms. The summed E-state index contributed by atoms with van der Waals surface area (Å²) in [5.74, 6) is 1.56. The third-order valence-electron chi connectivity index (χ3n) is 6.16. The van der Waals surface area contributed by atoms with E-state index in [4.69, 9.17) is 16.6 Å². The first kappa shape index (κ1) is 19.0. The smallest absolute Gasteiger partial charge is 0.253 e. The van der Waals surface area contributed by atoms with E-state index in [-0.39, 0.29) is 11.9 Å². The molecule has 3 atom stereocenters. The summed E-state index contributed by atoms with van der Waals surface area (Å²) in [6.45, 7) is 3.77. The lowest BCUT2D eigenvalue weighted by molar-refractivity contribution is 0.0744. The standard InChI is InChI=1S/C22H23ClN4OS/c1-12-25-20(16-6-8-29-21(16)26-12)18-10-17(18)15-4-3-13(9-19(15)23)22(28)27(2)14-5-7-24-11-14/h3-4,6,8-9,14,17-18,24H,5,7,10-11H2,1-2H3/t14-,17?,18?/m0/s1. The number of thiophene rings is 1. The van der Waals surface area contributed by atoms with Crippen molar-refractivity contribution in [1.82, 2.24) is 20.2 Å². The van der Waals surface area contributed by atoms with E-state index in [1.807, 2.05) is 37.1 Å². The Kier molecular flexibility index (Phi) is 4.81. The first-order valence-corrected chi connectivity index (χ1v) is 11.3. The molecular weight excluding hydrogens is 404 g/mol. The van der Waals surface area contributed by atoms with Crippen LogP contribution in [0.25, 0.3) is 10.2 Å². The highest BCUT2D eigenvalue weighted by atomic mass is 35.5. The number of nitrogens with zero attached hydrogens (tertiary/aromatic N) is 3. The molecule has 0 radical (unpaired) electrons. The van der Waals surface area contributed by atoms with Crippen molar-refractivity contribution in [2.45, 2.75) is 37.6 Å². The summed E-state index contributed by atoms with van der Waals surface area (Å²) >= 11 is 8.30. The number of rotatable bonds is 4. The Balaban J connectivity index is 1.37. The molecule has 1 aliphatic heterocycles. The number of amides is 1. The number of nitrogens with one attached hydrogen (secondary N) is 1. The summed E-state index contributed by atoms with van der Waals surface area (Å²) in [7, 11) is 1.88. The Morgan fingerprint density at radius 1 is 1.28 bits per heavy atom. The maximum Gasteiger partial charge on any atom is 0.253 e. The van der Waals surface area contributed by atoms with Gasteiger partial charge >= 0.3 is 0 Å². The van der Waals surface area contributed by atoms with Gasteiger partial charge in [-0.3, -0.25) is 4.79 Å². The van der Waals surface area contributed by atoms with E-state index in [9.17, 15) is 4.79 Å². The highest BCUT2D eigenvalue weighted by Crippen LogP contribution is 2.57. The van der Waals surface area contributed by atoms with Gasteiger partial charge in [-0.15, -0.1) is 11.3 Å². The van der Waals surface area contributed by atoms with Crippen LogP contribution in [0, 0.1) is 6.92 Å². The van der Waals surface area contributed by atoms with Crippen LogP contribution in [-0.4, -0.2) is 47.0 Å². The maximum absolute atomic E-state index is 12.8. The second-order valence-electron chi connectivity index (χ2n) is 8.04. The number of hydrogen-bond acceptors (Lipinski definition) is 5. The summed E-state index contributed by atoms with van der Waals surface area (Å²) < 4.78 is 0. The molecule has 29 heavy (non-hydrogen) atoms. The lowest BCUT2D eigenvalue weighted by Gasteiger charge is -2.24. The number of halogens is 1. The van der Waals surface area contributed by atoms with Crippen molar-refractivity contribution in [3.63, 3.8) is 0 Å². The molecule has 1 saturated heterocycles. The van der Waals surface area contributed by atoms with E-state index in [1.54, 1.807) is 11.3 Å². The van der Waals surface area contributed by atoms with Crippen molar-refractivity contribution in [3.05, 3.63) is 57.3 Å². The highest BCUT2D eigenvalue weighted by Gasteiger charge is 2.43. The van der Waals surface area contributed by atoms with Gasteiger partial charge in [-0.1, -0.05) is 17.7 Å². The third-order valence-corrected chi connectivity index (χ3v) is 7.29. The molecule has 5 nitrogen and oxygen atoms in total. The fraction of sp³-hybridized carbons (Fsp3) is 0.409. The Bertz CT molecular complexity index is 1090. The molecule has 1 aromatic carbocycles. The largest absolute Gasteiger partial charge is 0.337 e. The zero-order valence-corrected chi connectivity index (χ0v) is 18.1. The minimum absolute atomic E-state index is 0.0332. The molecule has 1 N–H and O–H groups in total. The Morgan fingerprint density at radius 2 is 2.14 bits per heavy atom. The normalized spacial score (nSPS) is 23.5. The topological polar surface area (TPSA) is 58.1 Å². The number of likely N-dealkylation sites (N-methyl/N-ethyl adjacent to an activating group) is 1. The van der Waals surface area contributed by atoms with Gasteiger partial charge in [0.1, 0.15) is 10.7 Å². The van der Waals surface area contributed by atoms with Crippen LogP contribution in [0.1, 0.15) is 52.1 Å². The van der Waals surface area contributed by atoms with Crippen molar-refractivity contribution in [1.29, 1.82) is 0 Å². The van der Waals surface area contributed by atoms with Gasteiger partial charge in [-0.25, -0.2) is 9.97 Å². The SMILES string of the molecule is Cc1nc(C2CC2c2ccc(C(=O)N(C)[C@H]3CCNC3)cc2Cl)c2ccsc2n1. The van der Waals surface area contributed by atoms with Gasteiger partial charge in [0, 0.05) is 41.5 Å². The molecule has 2 aliphatic rings. The first-order valence-electron chi connectivity index (χ1n) is 10.0. The maximum atomic E-state index is 12.8. The van der Waals surface area contributed by atoms with Crippen LogP contribution in [0.5, 0.6) is 0 Å². The predicted octanol–water partition coefficient (Wildman–Crippen LogP) is 4.36. The van der Waals surface area contributed by atoms with Gasteiger partial charge in [0.2, 0.25) is 0 Å². The Hall–Kier alpha value is -2.02. The minimum atomic E-state index is 0.0332. The molecule has 0 spiro atoms. The van der Waals surface area contributed by atoms with Crippen LogP contribution in [0.3, 0.4) is 0 Å². The first-order chi connectivity index (χ1) is 14.0. The number of fused-ring (bicyclic) bond motifs is 1. The molecule has 150 valence electrons. The molecule has 2 aromatic heterocycles. The molecule has 1 saturated carbocycles. The number of carbonyl (C=O) groups is 1. The number of hydrogen-bond donors (Lipinski definition) is 1. The number of carbonyl (C=O) groups excluding carboxylic acids is 1. The summed E-state index contributed by atoms with van der Waals surface area (Å²) in [4.78, 5) is 25.0. The zero-order chi connectivity index (χ0) is 20.1. The zero-order valence-electron chi connectivity index (χ0n) is 16.5. The van der Waals surface area contributed by atoms with Crippen LogP contribution >= 0.6 is 22.9 Å².